The predicted molar refractivity (Wildman–Crippen MR) is 88.2 cm³/mol. The Morgan fingerprint density at radius 3 is 3.04 bits per heavy atom. The molecule has 4 rings (SSSR count). The number of carbonyl (C=O) groups excluding carboxylic acids is 1. The van der Waals surface area contributed by atoms with Crippen molar-refractivity contribution in [2.75, 3.05) is 20.2 Å². The second kappa shape index (κ2) is 5.38. The largest absolute Gasteiger partial charge is 0.469 e. The molecule has 3 heterocycles. The summed E-state index contributed by atoms with van der Waals surface area (Å²) in [6.07, 6.45) is 3.62. The summed E-state index contributed by atoms with van der Waals surface area (Å²) in [4.78, 5) is 14.5. The third-order valence-electron chi connectivity index (χ3n) is 5.62. The number of esters is 1. The number of hydrogen-bond acceptors (Lipinski definition) is 4. The molecule has 0 bridgehead atoms. The molecule has 1 saturated heterocycles. The number of carbonyl (C=O) groups is 1. The Morgan fingerprint density at radius 2 is 2.22 bits per heavy atom. The van der Waals surface area contributed by atoms with E-state index >= 15 is 0 Å². The zero-order valence-electron chi connectivity index (χ0n) is 13.8. The van der Waals surface area contributed by atoms with E-state index in [4.69, 9.17) is 9.15 Å². The lowest BCUT2D eigenvalue weighted by Gasteiger charge is -2.49. The van der Waals surface area contributed by atoms with E-state index in [1.54, 1.807) is 0 Å². The quantitative estimate of drug-likeness (QED) is 0.793. The lowest BCUT2D eigenvalue weighted by atomic mass is 9.69. The van der Waals surface area contributed by atoms with E-state index in [-0.39, 0.29) is 17.4 Å². The van der Waals surface area contributed by atoms with Gasteiger partial charge in [-0.1, -0.05) is 25.1 Å². The molecular formula is C19H23NO3. The van der Waals surface area contributed by atoms with Crippen LogP contribution >= 0.6 is 0 Å². The van der Waals surface area contributed by atoms with E-state index in [9.17, 15) is 4.79 Å². The fraction of sp³-hybridized carbons (Fsp3) is 0.526. The number of benzene rings is 1. The van der Waals surface area contributed by atoms with Crippen molar-refractivity contribution >= 4 is 16.9 Å². The molecule has 0 N–H and O–H groups in total. The topological polar surface area (TPSA) is 42.7 Å². The molecule has 4 nitrogen and oxygen atoms in total. The Kier molecular flexibility index (Phi) is 3.45. The van der Waals surface area contributed by atoms with Crippen molar-refractivity contribution in [3.63, 3.8) is 0 Å². The number of fused-ring (bicyclic) bond motifs is 5. The average molecular weight is 313 g/mol. The summed E-state index contributed by atoms with van der Waals surface area (Å²) in [7, 11) is 1.47. The minimum absolute atomic E-state index is 0.127. The molecule has 2 aliphatic rings. The van der Waals surface area contributed by atoms with Crippen LogP contribution < -0.4 is 0 Å². The normalized spacial score (nSPS) is 27.5. The summed E-state index contributed by atoms with van der Waals surface area (Å²) in [5, 5.41) is 1.23. The number of para-hydroxylation sites is 1. The summed E-state index contributed by atoms with van der Waals surface area (Å²) in [6, 6.07) is 8.45. The van der Waals surface area contributed by atoms with Crippen LogP contribution in [0.4, 0.5) is 0 Å². The summed E-state index contributed by atoms with van der Waals surface area (Å²) >= 11 is 0. The average Bonchev–Trinajstić information content (AvgIpc) is 2.93. The fourth-order valence-corrected chi connectivity index (χ4v) is 4.55. The van der Waals surface area contributed by atoms with Crippen LogP contribution in [0.3, 0.4) is 0 Å². The Labute approximate surface area is 136 Å². The van der Waals surface area contributed by atoms with Gasteiger partial charge < -0.3 is 9.15 Å². The Bertz CT molecular complexity index is 750. The van der Waals surface area contributed by atoms with Crippen LogP contribution in [0.15, 0.2) is 28.7 Å². The zero-order chi connectivity index (χ0) is 16.0. The number of piperidine rings is 1. The maximum atomic E-state index is 12.0. The summed E-state index contributed by atoms with van der Waals surface area (Å²) in [6.45, 7) is 4.33. The SMILES string of the molecule is COC(=O)C[C@]1(C)CCCN2CCc3c(oc4ccccc34)[C@@H]21. The van der Waals surface area contributed by atoms with Crippen molar-refractivity contribution in [2.24, 2.45) is 5.41 Å². The van der Waals surface area contributed by atoms with Crippen molar-refractivity contribution < 1.29 is 13.9 Å². The molecule has 1 aromatic heterocycles. The Balaban J connectivity index is 1.82. The molecule has 0 spiro atoms. The first-order valence-electron chi connectivity index (χ1n) is 8.43. The molecule has 122 valence electrons. The van der Waals surface area contributed by atoms with Gasteiger partial charge in [0.25, 0.3) is 0 Å². The van der Waals surface area contributed by atoms with Crippen molar-refractivity contribution in [1.82, 2.24) is 4.90 Å². The Hall–Kier alpha value is -1.81. The van der Waals surface area contributed by atoms with Crippen LogP contribution in [-0.2, 0) is 16.0 Å². The van der Waals surface area contributed by atoms with Gasteiger partial charge in [-0.05, 0) is 31.9 Å². The number of nitrogens with zero attached hydrogens (tertiary/aromatic N) is 1. The lowest BCUT2D eigenvalue weighted by molar-refractivity contribution is -0.146. The minimum atomic E-state index is -0.131. The molecule has 0 saturated carbocycles. The number of hydrogen-bond donors (Lipinski definition) is 0. The van der Waals surface area contributed by atoms with Crippen molar-refractivity contribution in [1.29, 1.82) is 0 Å². The highest BCUT2D eigenvalue weighted by Gasteiger charge is 2.48. The molecule has 0 aliphatic carbocycles. The van der Waals surface area contributed by atoms with Crippen LogP contribution in [0.5, 0.6) is 0 Å². The molecule has 4 heteroatoms. The van der Waals surface area contributed by atoms with Crippen molar-refractivity contribution in [3.8, 4) is 0 Å². The van der Waals surface area contributed by atoms with Gasteiger partial charge >= 0.3 is 5.97 Å². The van der Waals surface area contributed by atoms with Gasteiger partial charge in [0.05, 0.1) is 19.6 Å². The van der Waals surface area contributed by atoms with Gasteiger partial charge in [0.15, 0.2) is 0 Å². The minimum Gasteiger partial charge on any atom is -0.469 e. The van der Waals surface area contributed by atoms with E-state index < -0.39 is 0 Å². The monoisotopic (exact) mass is 313 g/mol. The van der Waals surface area contributed by atoms with Crippen LogP contribution in [0.25, 0.3) is 11.0 Å². The lowest BCUT2D eigenvalue weighted by Crippen LogP contribution is -2.48. The number of ether oxygens (including phenoxy) is 1. The molecule has 2 aliphatic heterocycles. The highest BCUT2D eigenvalue weighted by Crippen LogP contribution is 2.52. The van der Waals surface area contributed by atoms with Gasteiger partial charge in [0, 0.05) is 22.9 Å². The van der Waals surface area contributed by atoms with Gasteiger partial charge in [0.1, 0.15) is 11.3 Å². The first-order valence-corrected chi connectivity index (χ1v) is 8.43. The van der Waals surface area contributed by atoms with E-state index in [1.807, 2.05) is 12.1 Å². The number of methoxy groups -OCH3 is 1. The fourth-order valence-electron chi connectivity index (χ4n) is 4.55. The standard InChI is InChI=1S/C19H23NO3/c1-19(12-16(21)22-2)9-5-10-20-11-8-14-13-6-3-4-7-15(13)23-17(14)18(19)20/h3-4,6-7,18H,5,8-12H2,1-2H3/t18-,19+/m1/s1. The predicted octanol–water partition coefficient (Wildman–Crippen LogP) is 3.70. The second-order valence-corrected chi connectivity index (χ2v) is 7.14. The number of rotatable bonds is 2. The summed E-state index contributed by atoms with van der Waals surface area (Å²) in [5.74, 6) is 0.945. The molecular weight excluding hydrogens is 290 g/mol. The van der Waals surface area contributed by atoms with Crippen LogP contribution in [-0.4, -0.2) is 31.1 Å². The molecule has 0 unspecified atom stereocenters. The zero-order valence-corrected chi connectivity index (χ0v) is 13.8. The second-order valence-electron chi connectivity index (χ2n) is 7.14. The smallest absolute Gasteiger partial charge is 0.306 e. The van der Waals surface area contributed by atoms with E-state index in [2.05, 4.69) is 24.0 Å². The summed E-state index contributed by atoms with van der Waals surface area (Å²) in [5.41, 5.74) is 2.17. The van der Waals surface area contributed by atoms with Crippen molar-refractivity contribution in [3.05, 3.63) is 35.6 Å². The molecule has 2 atom stereocenters. The van der Waals surface area contributed by atoms with Gasteiger partial charge in [-0.25, -0.2) is 0 Å². The maximum Gasteiger partial charge on any atom is 0.306 e. The highest BCUT2D eigenvalue weighted by molar-refractivity contribution is 5.82. The third-order valence-corrected chi connectivity index (χ3v) is 5.62. The molecule has 0 amide bonds. The molecule has 1 fully saturated rings. The first kappa shape index (κ1) is 14.8. The van der Waals surface area contributed by atoms with Gasteiger partial charge in [-0.2, -0.15) is 0 Å². The van der Waals surface area contributed by atoms with Crippen LogP contribution in [0.1, 0.15) is 43.6 Å². The van der Waals surface area contributed by atoms with E-state index in [0.717, 1.165) is 43.7 Å². The maximum absolute atomic E-state index is 12.0. The van der Waals surface area contributed by atoms with Crippen LogP contribution in [0, 0.1) is 5.41 Å². The van der Waals surface area contributed by atoms with Gasteiger partial charge in [-0.3, -0.25) is 9.69 Å². The summed E-state index contributed by atoms with van der Waals surface area (Å²) < 4.78 is 11.2. The highest BCUT2D eigenvalue weighted by atomic mass is 16.5. The van der Waals surface area contributed by atoms with Gasteiger partial charge in [-0.15, -0.1) is 0 Å². The van der Waals surface area contributed by atoms with E-state index in [1.165, 1.54) is 18.1 Å². The molecule has 23 heavy (non-hydrogen) atoms. The van der Waals surface area contributed by atoms with Gasteiger partial charge in [0.2, 0.25) is 0 Å². The number of furan rings is 1. The molecule has 1 aromatic carbocycles. The van der Waals surface area contributed by atoms with Crippen molar-refractivity contribution in [2.45, 2.75) is 38.6 Å². The van der Waals surface area contributed by atoms with E-state index in [0.29, 0.717) is 6.42 Å². The Morgan fingerprint density at radius 1 is 1.39 bits per heavy atom. The molecule has 2 aromatic rings. The third kappa shape index (κ3) is 2.27. The van der Waals surface area contributed by atoms with Crippen LogP contribution in [0.2, 0.25) is 0 Å². The molecule has 0 radical (unpaired) electrons. The first-order chi connectivity index (χ1) is 11.1.